The molecule has 0 amide bonds. The number of halogens is 1. The Hall–Kier alpha value is -1.56. The van der Waals surface area contributed by atoms with Gasteiger partial charge in [0.25, 0.3) is 0 Å². The quantitative estimate of drug-likeness (QED) is 0.722. The van der Waals surface area contributed by atoms with Crippen LogP contribution >= 0.6 is 22.6 Å². The Kier molecular flexibility index (Phi) is 4.56. The van der Waals surface area contributed by atoms with E-state index in [9.17, 15) is 9.90 Å². The van der Waals surface area contributed by atoms with Crippen LogP contribution in [-0.2, 0) is 0 Å². The van der Waals surface area contributed by atoms with Crippen molar-refractivity contribution < 1.29 is 9.90 Å². The molecule has 2 N–H and O–H groups in total. The van der Waals surface area contributed by atoms with Crippen LogP contribution in [0.4, 0.5) is 11.4 Å². The highest BCUT2D eigenvalue weighted by Crippen LogP contribution is 2.31. The minimum absolute atomic E-state index is 0.313. The van der Waals surface area contributed by atoms with Crippen LogP contribution in [0.1, 0.15) is 32.6 Å². The predicted octanol–water partition coefficient (Wildman–Crippen LogP) is 4.97. The van der Waals surface area contributed by atoms with Crippen LogP contribution in [0.5, 0.6) is 0 Å². The standard InChI is InChI=1S/C17H18INO2/c1-9-8-14(17(20)21)16(12(4)11(9)3)19-15-6-5-13(18)7-10(15)2/h5-8,19H,1-4H3,(H,20,21). The molecule has 0 aliphatic heterocycles. The number of hydrogen-bond acceptors (Lipinski definition) is 2. The molecule has 2 rings (SSSR count). The van der Waals surface area contributed by atoms with E-state index in [4.69, 9.17) is 0 Å². The number of nitrogens with one attached hydrogen (secondary N) is 1. The first kappa shape index (κ1) is 15.8. The van der Waals surface area contributed by atoms with Gasteiger partial charge in [0.15, 0.2) is 0 Å². The van der Waals surface area contributed by atoms with Crippen LogP contribution in [-0.4, -0.2) is 11.1 Å². The molecule has 0 aliphatic carbocycles. The molecule has 110 valence electrons. The van der Waals surface area contributed by atoms with Gasteiger partial charge in [-0.1, -0.05) is 0 Å². The fourth-order valence-electron chi connectivity index (χ4n) is 2.31. The van der Waals surface area contributed by atoms with Crippen molar-refractivity contribution in [3.8, 4) is 0 Å². The number of rotatable bonds is 3. The number of hydrogen-bond donors (Lipinski definition) is 2. The molecule has 0 saturated carbocycles. The SMILES string of the molecule is Cc1cc(I)ccc1Nc1c(C(=O)O)cc(C)c(C)c1C. The Morgan fingerprint density at radius 2 is 1.71 bits per heavy atom. The lowest BCUT2D eigenvalue weighted by Gasteiger charge is -2.18. The van der Waals surface area contributed by atoms with E-state index < -0.39 is 5.97 Å². The molecule has 3 nitrogen and oxygen atoms in total. The molecule has 0 bridgehead atoms. The molecule has 0 saturated heterocycles. The maximum Gasteiger partial charge on any atom is 0.337 e. The summed E-state index contributed by atoms with van der Waals surface area (Å²) in [6.07, 6.45) is 0. The Labute approximate surface area is 138 Å². The summed E-state index contributed by atoms with van der Waals surface area (Å²) in [7, 11) is 0. The largest absolute Gasteiger partial charge is 0.478 e. The number of carbonyl (C=O) groups is 1. The molecular weight excluding hydrogens is 377 g/mol. The van der Waals surface area contributed by atoms with Crippen molar-refractivity contribution in [3.63, 3.8) is 0 Å². The van der Waals surface area contributed by atoms with Crippen molar-refractivity contribution in [1.82, 2.24) is 0 Å². The molecule has 0 spiro atoms. The second kappa shape index (κ2) is 6.05. The molecule has 0 heterocycles. The molecular formula is C17H18INO2. The van der Waals surface area contributed by atoms with Crippen LogP contribution in [0.15, 0.2) is 24.3 Å². The summed E-state index contributed by atoms with van der Waals surface area (Å²) in [6.45, 7) is 7.93. The Balaban J connectivity index is 2.57. The van der Waals surface area contributed by atoms with Gasteiger partial charge in [-0.05, 0) is 96.8 Å². The van der Waals surface area contributed by atoms with E-state index in [-0.39, 0.29) is 0 Å². The van der Waals surface area contributed by atoms with Gasteiger partial charge in [0.1, 0.15) is 0 Å². The number of aryl methyl sites for hydroxylation is 2. The highest BCUT2D eigenvalue weighted by molar-refractivity contribution is 14.1. The van der Waals surface area contributed by atoms with Crippen molar-refractivity contribution in [1.29, 1.82) is 0 Å². The fourth-order valence-corrected chi connectivity index (χ4v) is 2.96. The molecule has 2 aromatic rings. The minimum Gasteiger partial charge on any atom is -0.478 e. The highest BCUT2D eigenvalue weighted by Gasteiger charge is 2.16. The summed E-state index contributed by atoms with van der Waals surface area (Å²) in [4.78, 5) is 11.5. The summed E-state index contributed by atoms with van der Waals surface area (Å²) in [5.74, 6) is -0.910. The van der Waals surface area contributed by atoms with Gasteiger partial charge in [-0.25, -0.2) is 4.79 Å². The van der Waals surface area contributed by atoms with E-state index in [0.29, 0.717) is 11.3 Å². The molecule has 0 unspecified atom stereocenters. The Bertz CT molecular complexity index is 723. The van der Waals surface area contributed by atoms with E-state index in [1.54, 1.807) is 6.07 Å². The van der Waals surface area contributed by atoms with Crippen LogP contribution in [0.2, 0.25) is 0 Å². The van der Waals surface area contributed by atoms with Gasteiger partial charge in [-0.3, -0.25) is 0 Å². The van der Waals surface area contributed by atoms with E-state index >= 15 is 0 Å². The molecule has 0 aliphatic rings. The molecule has 2 aromatic carbocycles. The molecule has 0 atom stereocenters. The topological polar surface area (TPSA) is 49.3 Å². The van der Waals surface area contributed by atoms with Crippen molar-refractivity contribution in [2.75, 3.05) is 5.32 Å². The van der Waals surface area contributed by atoms with Crippen LogP contribution in [0.25, 0.3) is 0 Å². The normalized spacial score (nSPS) is 10.5. The van der Waals surface area contributed by atoms with Gasteiger partial charge in [-0.2, -0.15) is 0 Å². The summed E-state index contributed by atoms with van der Waals surface area (Å²) in [5, 5.41) is 12.8. The first-order valence-corrected chi connectivity index (χ1v) is 7.76. The summed E-state index contributed by atoms with van der Waals surface area (Å²) >= 11 is 2.26. The van der Waals surface area contributed by atoms with Crippen LogP contribution in [0, 0.1) is 31.3 Å². The molecule has 0 fully saturated rings. The maximum atomic E-state index is 11.5. The average molecular weight is 395 g/mol. The first-order valence-electron chi connectivity index (χ1n) is 6.68. The van der Waals surface area contributed by atoms with E-state index in [2.05, 4.69) is 34.0 Å². The summed E-state index contributed by atoms with van der Waals surface area (Å²) < 4.78 is 1.16. The molecule has 21 heavy (non-hydrogen) atoms. The highest BCUT2D eigenvalue weighted by atomic mass is 127. The van der Waals surface area contributed by atoms with Gasteiger partial charge in [0.2, 0.25) is 0 Å². The lowest BCUT2D eigenvalue weighted by Crippen LogP contribution is -2.07. The number of aromatic carboxylic acids is 1. The second-order valence-electron chi connectivity index (χ2n) is 5.26. The maximum absolute atomic E-state index is 11.5. The number of benzene rings is 2. The smallest absolute Gasteiger partial charge is 0.337 e. The van der Waals surface area contributed by atoms with Crippen molar-refractivity contribution in [2.24, 2.45) is 0 Å². The third kappa shape index (κ3) is 3.20. The van der Waals surface area contributed by atoms with Crippen molar-refractivity contribution in [3.05, 3.63) is 55.7 Å². The van der Waals surface area contributed by atoms with Crippen LogP contribution < -0.4 is 5.32 Å². The van der Waals surface area contributed by atoms with Gasteiger partial charge in [-0.15, -0.1) is 0 Å². The van der Waals surface area contributed by atoms with Gasteiger partial charge in [0.05, 0.1) is 11.3 Å². The Morgan fingerprint density at radius 3 is 2.29 bits per heavy atom. The third-order valence-electron chi connectivity index (χ3n) is 3.84. The number of anilines is 2. The summed E-state index contributed by atoms with van der Waals surface area (Å²) in [6, 6.07) is 7.79. The van der Waals surface area contributed by atoms with Gasteiger partial charge < -0.3 is 10.4 Å². The summed E-state index contributed by atoms with van der Waals surface area (Å²) in [5.41, 5.74) is 6.11. The molecule has 4 heteroatoms. The number of carboxylic acids is 1. The van der Waals surface area contributed by atoms with Crippen molar-refractivity contribution >= 4 is 39.9 Å². The number of carboxylic acid groups (broad SMARTS) is 1. The second-order valence-corrected chi connectivity index (χ2v) is 6.50. The van der Waals surface area contributed by atoms with E-state index in [0.717, 1.165) is 31.5 Å². The third-order valence-corrected chi connectivity index (χ3v) is 4.51. The zero-order chi connectivity index (χ0) is 15.7. The zero-order valence-electron chi connectivity index (χ0n) is 12.5. The molecule has 0 aromatic heterocycles. The van der Waals surface area contributed by atoms with E-state index in [1.807, 2.05) is 39.8 Å². The fraction of sp³-hybridized carbons (Fsp3) is 0.235. The zero-order valence-corrected chi connectivity index (χ0v) is 14.7. The minimum atomic E-state index is -0.910. The first-order chi connectivity index (χ1) is 9.81. The van der Waals surface area contributed by atoms with Gasteiger partial charge >= 0.3 is 5.97 Å². The predicted molar refractivity (Wildman–Crippen MR) is 94.8 cm³/mol. The van der Waals surface area contributed by atoms with Crippen molar-refractivity contribution in [2.45, 2.75) is 27.7 Å². The monoisotopic (exact) mass is 395 g/mol. The Morgan fingerprint density at radius 1 is 1.05 bits per heavy atom. The van der Waals surface area contributed by atoms with Gasteiger partial charge in [0, 0.05) is 9.26 Å². The molecule has 0 radical (unpaired) electrons. The van der Waals surface area contributed by atoms with Crippen LogP contribution in [0.3, 0.4) is 0 Å². The average Bonchev–Trinajstić information content (AvgIpc) is 2.41. The van der Waals surface area contributed by atoms with E-state index in [1.165, 1.54) is 0 Å². The lowest BCUT2D eigenvalue weighted by molar-refractivity contribution is 0.0698. The lowest BCUT2D eigenvalue weighted by atomic mass is 9.97.